The smallest absolute Gasteiger partial charge is 0.275 e. The molecule has 2 saturated carbocycles. The molecule has 9 heteroatoms. The van der Waals surface area contributed by atoms with Crippen molar-refractivity contribution in [2.45, 2.75) is 38.0 Å². The van der Waals surface area contributed by atoms with Crippen molar-refractivity contribution in [1.29, 1.82) is 0 Å². The van der Waals surface area contributed by atoms with E-state index >= 15 is 0 Å². The number of carbonyl (C=O) groups is 2. The Hall–Kier alpha value is -3.23. The Morgan fingerprint density at radius 1 is 1.13 bits per heavy atom. The topological polar surface area (TPSA) is 91.6 Å². The summed E-state index contributed by atoms with van der Waals surface area (Å²) < 4.78 is 28.4. The first-order valence-electron chi connectivity index (χ1n) is 10.4. The molecule has 31 heavy (non-hydrogen) atoms. The number of hydrogen-bond donors (Lipinski definition) is 2. The van der Waals surface area contributed by atoms with Gasteiger partial charge < -0.3 is 19.9 Å². The Bertz CT molecular complexity index is 1230. The standard InChI is InChI=1S/C22H19F2N3O4/c23-10-2-1-9(15(24)3-10)6-25-21(30)14-7-26-8-17-13-5-16(12-4-11(12)13)27(17)22(31)18(26)20(29)19(14)28/h1-3,7,11-13,16-17,29H,4-6,8H2,(H,25,30)/t11-,12+,13+,16+,17-/m1/s1. The Morgan fingerprint density at radius 2 is 1.90 bits per heavy atom. The zero-order chi connectivity index (χ0) is 21.6. The van der Waals surface area contributed by atoms with Crippen molar-refractivity contribution in [3.8, 4) is 5.75 Å². The van der Waals surface area contributed by atoms with Gasteiger partial charge in [0.05, 0.1) is 6.04 Å². The normalized spacial score (nSPS) is 29.4. The first-order chi connectivity index (χ1) is 14.8. The van der Waals surface area contributed by atoms with E-state index in [4.69, 9.17) is 0 Å². The van der Waals surface area contributed by atoms with E-state index in [-0.39, 0.29) is 41.4 Å². The average molecular weight is 427 g/mol. The van der Waals surface area contributed by atoms with Gasteiger partial charge in [-0.1, -0.05) is 6.07 Å². The van der Waals surface area contributed by atoms with Crippen LogP contribution in [0.1, 0.15) is 39.3 Å². The Morgan fingerprint density at radius 3 is 2.68 bits per heavy atom. The van der Waals surface area contributed by atoms with Crippen LogP contribution in [0.4, 0.5) is 8.78 Å². The number of carbonyl (C=O) groups excluding carboxylic acids is 2. The van der Waals surface area contributed by atoms with Gasteiger partial charge >= 0.3 is 0 Å². The Kier molecular flexibility index (Phi) is 3.68. The van der Waals surface area contributed by atoms with Gasteiger partial charge in [0.1, 0.15) is 17.2 Å². The summed E-state index contributed by atoms with van der Waals surface area (Å²) in [5.41, 5.74) is -1.28. The van der Waals surface area contributed by atoms with Gasteiger partial charge in [-0.3, -0.25) is 14.4 Å². The van der Waals surface area contributed by atoms with Gasteiger partial charge in [0, 0.05) is 37.0 Å². The summed E-state index contributed by atoms with van der Waals surface area (Å²) in [7, 11) is 0. The second-order valence-corrected chi connectivity index (χ2v) is 8.95. The van der Waals surface area contributed by atoms with Crippen LogP contribution in [0.5, 0.6) is 5.75 Å². The predicted molar refractivity (Wildman–Crippen MR) is 103 cm³/mol. The molecule has 0 spiro atoms. The maximum absolute atomic E-state index is 13.8. The number of nitrogens with one attached hydrogen (secondary N) is 1. The monoisotopic (exact) mass is 427 g/mol. The van der Waals surface area contributed by atoms with Crippen molar-refractivity contribution in [3.63, 3.8) is 0 Å². The van der Waals surface area contributed by atoms with Crippen molar-refractivity contribution in [3.05, 3.63) is 63.1 Å². The lowest BCUT2D eigenvalue weighted by Crippen LogP contribution is -2.53. The summed E-state index contributed by atoms with van der Waals surface area (Å²) in [6.07, 6.45) is 3.39. The molecule has 2 aromatic rings. The number of benzene rings is 1. The number of halogens is 2. The molecule has 2 N–H and O–H groups in total. The van der Waals surface area contributed by atoms with Crippen molar-refractivity contribution in [1.82, 2.24) is 14.8 Å². The number of piperidine rings is 1. The van der Waals surface area contributed by atoms with Crippen LogP contribution in [-0.4, -0.2) is 38.5 Å². The fourth-order valence-electron chi connectivity index (χ4n) is 5.98. The van der Waals surface area contributed by atoms with Gasteiger partial charge in [0.15, 0.2) is 11.4 Å². The molecule has 5 atom stereocenters. The number of hydrogen-bond acceptors (Lipinski definition) is 4. The molecule has 2 aliphatic carbocycles. The third-order valence-corrected chi connectivity index (χ3v) is 7.43. The van der Waals surface area contributed by atoms with Crippen LogP contribution in [0.3, 0.4) is 0 Å². The molecule has 2 bridgehead atoms. The van der Waals surface area contributed by atoms with Crippen LogP contribution in [0, 0.1) is 29.4 Å². The number of aromatic hydroxyl groups is 1. The van der Waals surface area contributed by atoms with E-state index in [1.54, 1.807) is 0 Å². The van der Waals surface area contributed by atoms with Crippen LogP contribution >= 0.6 is 0 Å². The highest BCUT2D eigenvalue weighted by Gasteiger charge is 2.66. The quantitative estimate of drug-likeness (QED) is 0.779. The summed E-state index contributed by atoms with van der Waals surface area (Å²) in [4.78, 5) is 40.2. The highest BCUT2D eigenvalue weighted by Crippen LogP contribution is 2.64. The van der Waals surface area contributed by atoms with E-state index in [1.807, 2.05) is 4.90 Å². The van der Waals surface area contributed by atoms with Gasteiger partial charge in [-0.25, -0.2) is 8.78 Å². The first-order valence-corrected chi connectivity index (χ1v) is 10.4. The number of rotatable bonds is 3. The minimum Gasteiger partial charge on any atom is -0.503 e. The van der Waals surface area contributed by atoms with Gasteiger partial charge in [0.25, 0.3) is 11.8 Å². The Balaban J connectivity index is 1.30. The van der Waals surface area contributed by atoms with E-state index in [1.165, 1.54) is 16.8 Å². The molecule has 1 aromatic carbocycles. The Labute approximate surface area is 175 Å². The maximum atomic E-state index is 13.8. The molecule has 6 rings (SSSR count). The van der Waals surface area contributed by atoms with Crippen LogP contribution in [-0.2, 0) is 13.1 Å². The molecular formula is C22H19F2N3O4. The number of fused-ring (bicyclic) bond motifs is 9. The number of aromatic nitrogens is 1. The minimum absolute atomic E-state index is 0.0138. The number of pyridine rings is 1. The van der Waals surface area contributed by atoms with E-state index in [9.17, 15) is 28.3 Å². The van der Waals surface area contributed by atoms with Gasteiger partial charge in [-0.15, -0.1) is 0 Å². The molecule has 7 nitrogen and oxygen atoms in total. The van der Waals surface area contributed by atoms with E-state index in [0.717, 1.165) is 18.9 Å². The fraction of sp³-hybridized carbons (Fsp3) is 0.409. The summed E-state index contributed by atoms with van der Waals surface area (Å²) in [5, 5.41) is 12.9. The first kappa shape index (κ1) is 18.5. The molecule has 3 heterocycles. The number of nitrogens with zero attached hydrogens (tertiary/aromatic N) is 2. The molecule has 0 unspecified atom stereocenters. The fourth-order valence-corrected chi connectivity index (χ4v) is 5.98. The molecule has 1 aromatic heterocycles. The highest BCUT2D eigenvalue weighted by atomic mass is 19.1. The summed E-state index contributed by atoms with van der Waals surface area (Å²) in [5.74, 6) is -1.82. The lowest BCUT2D eigenvalue weighted by molar-refractivity contribution is 0.0465. The van der Waals surface area contributed by atoms with E-state index < -0.39 is 28.7 Å². The molecule has 160 valence electrons. The van der Waals surface area contributed by atoms with Crippen molar-refractivity contribution in [2.75, 3.05) is 0 Å². The largest absolute Gasteiger partial charge is 0.503 e. The minimum atomic E-state index is -0.941. The van der Waals surface area contributed by atoms with Crippen molar-refractivity contribution >= 4 is 11.8 Å². The second-order valence-electron chi connectivity index (χ2n) is 8.95. The lowest BCUT2D eigenvalue weighted by Gasteiger charge is -2.40. The molecule has 2 aliphatic heterocycles. The van der Waals surface area contributed by atoms with Gasteiger partial charge in [-0.2, -0.15) is 0 Å². The van der Waals surface area contributed by atoms with Gasteiger partial charge in [-0.05, 0) is 36.7 Å². The third-order valence-electron chi connectivity index (χ3n) is 7.43. The third kappa shape index (κ3) is 2.52. The van der Waals surface area contributed by atoms with Crippen molar-refractivity contribution in [2.24, 2.45) is 17.8 Å². The van der Waals surface area contributed by atoms with Crippen LogP contribution in [0.15, 0.2) is 29.2 Å². The molecule has 2 amide bonds. The highest BCUT2D eigenvalue weighted by molar-refractivity contribution is 5.99. The van der Waals surface area contributed by atoms with E-state index in [2.05, 4.69) is 5.32 Å². The molecule has 0 radical (unpaired) electrons. The molecular weight excluding hydrogens is 408 g/mol. The maximum Gasteiger partial charge on any atom is 0.275 e. The molecule has 4 aliphatic rings. The van der Waals surface area contributed by atoms with Gasteiger partial charge in [0.2, 0.25) is 5.43 Å². The number of amides is 2. The molecule has 1 saturated heterocycles. The SMILES string of the molecule is O=C(NCc1ccc(F)cc1F)c1cn2c(c(O)c1=O)C(=O)N1[C@H](C2)[C@H]2C[C@H]1[C@H]1C[C@@H]21. The summed E-state index contributed by atoms with van der Waals surface area (Å²) in [6.45, 7) is 0.168. The zero-order valence-corrected chi connectivity index (χ0v) is 16.3. The van der Waals surface area contributed by atoms with Crippen molar-refractivity contribution < 1.29 is 23.5 Å². The van der Waals surface area contributed by atoms with Crippen LogP contribution in [0.2, 0.25) is 0 Å². The van der Waals surface area contributed by atoms with Crippen LogP contribution < -0.4 is 10.7 Å². The predicted octanol–water partition coefficient (Wildman–Crippen LogP) is 1.62. The average Bonchev–Trinajstić information content (AvgIpc) is 3.34. The molecule has 3 fully saturated rings. The van der Waals surface area contributed by atoms with E-state index in [0.29, 0.717) is 30.4 Å². The lowest BCUT2D eigenvalue weighted by atomic mass is 9.94. The summed E-state index contributed by atoms with van der Waals surface area (Å²) >= 11 is 0. The second kappa shape index (κ2) is 6.15. The van der Waals surface area contributed by atoms with Crippen LogP contribution in [0.25, 0.3) is 0 Å². The summed E-state index contributed by atoms with van der Waals surface area (Å²) in [6, 6.07) is 3.18. The zero-order valence-electron chi connectivity index (χ0n) is 16.3.